The van der Waals surface area contributed by atoms with Crippen molar-refractivity contribution in [1.29, 1.82) is 0 Å². The molecule has 0 radical (unpaired) electrons. The van der Waals surface area contributed by atoms with Crippen molar-refractivity contribution < 1.29 is 8.83 Å². The Morgan fingerprint density at radius 1 is 0.317 bits per heavy atom. The number of rotatable bonds is 6. The minimum absolute atomic E-state index is 0.639. The first kappa shape index (κ1) is 35.2. The van der Waals surface area contributed by atoms with Crippen LogP contribution in [0.1, 0.15) is 0 Å². The summed E-state index contributed by atoms with van der Waals surface area (Å²) in [5.74, 6) is 0.639. The van der Waals surface area contributed by atoms with Gasteiger partial charge in [-0.1, -0.05) is 146 Å². The molecule has 5 heteroatoms. The third kappa shape index (κ3) is 5.78. The lowest BCUT2D eigenvalue weighted by Gasteiger charge is -2.12. The second-order valence-electron chi connectivity index (χ2n) is 16.1. The van der Waals surface area contributed by atoms with Crippen molar-refractivity contribution in [3.8, 4) is 61.8 Å². The summed E-state index contributed by atoms with van der Waals surface area (Å²) in [4.78, 5) is 10.6. The highest BCUT2D eigenvalue weighted by molar-refractivity contribution is 6.15. The van der Waals surface area contributed by atoms with E-state index < -0.39 is 0 Å². The van der Waals surface area contributed by atoms with Crippen molar-refractivity contribution in [1.82, 2.24) is 14.5 Å². The van der Waals surface area contributed by atoms with Crippen molar-refractivity contribution in [2.45, 2.75) is 0 Å². The van der Waals surface area contributed by atoms with Crippen LogP contribution >= 0.6 is 0 Å². The van der Waals surface area contributed by atoms with E-state index in [1.165, 1.54) is 10.8 Å². The van der Waals surface area contributed by atoms with Crippen LogP contribution in [0.5, 0.6) is 0 Å². The number of para-hydroxylation sites is 2. The number of hydrogen-bond donors (Lipinski definition) is 0. The molecule has 294 valence electrons. The average molecular weight is 806 g/mol. The fourth-order valence-electron chi connectivity index (χ4n) is 9.42. The van der Waals surface area contributed by atoms with Gasteiger partial charge in [-0.2, -0.15) is 0 Å². The van der Waals surface area contributed by atoms with Crippen LogP contribution in [0.25, 0.3) is 128 Å². The Morgan fingerprint density at radius 2 is 0.857 bits per heavy atom. The molecule has 0 spiro atoms. The fraction of sp³-hybridized carbons (Fsp3) is 0. The molecule has 5 nitrogen and oxygen atoms in total. The number of nitrogens with zero attached hydrogens (tertiary/aromatic N) is 3. The van der Waals surface area contributed by atoms with Crippen LogP contribution in [0.3, 0.4) is 0 Å². The highest BCUT2D eigenvalue weighted by atomic mass is 16.3. The van der Waals surface area contributed by atoms with Crippen molar-refractivity contribution in [3.63, 3.8) is 0 Å². The first-order valence-corrected chi connectivity index (χ1v) is 21.2. The molecule has 0 aliphatic heterocycles. The number of hydrogen-bond acceptors (Lipinski definition) is 4. The van der Waals surface area contributed by atoms with Crippen LogP contribution in [0.4, 0.5) is 0 Å². The normalized spacial score (nSPS) is 11.8. The second-order valence-corrected chi connectivity index (χ2v) is 16.1. The van der Waals surface area contributed by atoms with Gasteiger partial charge in [0.15, 0.2) is 5.82 Å². The lowest BCUT2D eigenvalue weighted by molar-refractivity contribution is 0.668. The summed E-state index contributed by atoms with van der Waals surface area (Å²) in [6.07, 6.45) is 0. The Labute approximate surface area is 361 Å². The Kier molecular flexibility index (Phi) is 7.84. The van der Waals surface area contributed by atoms with Crippen LogP contribution in [-0.2, 0) is 0 Å². The van der Waals surface area contributed by atoms with E-state index in [0.29, 0.717) is 5.82 Å². The van der Waals surface area contributed by atoms with E-state index in [-0.39, 0.29) is 0 Å². The van der Waals surface area contributed by atoms with E-state index in [2.05, 4.69) is 162 Å². The minimum atomic E-state index is 0.639. The predicted molar refractivity (Wildman–Crippen MR) is 258 cm³/mol. The van der Waals surface area contributed by atoms with Gasteiger partial charge in [-0.25, -0.2) is 9.97 Å². The van der Waals surface area contributed by atoms with Crippen LogP contribution < -0.4 is 0 Å². The number of furan rings is 2. The van der Waals surface area contributed by atoms with Crippen molar-refractivity contribution in [3.05, 3.63) is 212 Å². The van der Waals surface area contributed by atoms with Crippen molar-refractivity contribution >= 4 is 65.7 Å². The first-order valence-electron chi connectivity index (χ1n) is 21.2. The van der Waals surface area contributed by atoms with Gasteiger partial charge in [-0.05, 0) is 82.9 Å². The van der Waals surface area contributed by atoms with Gasteiger partial charge in [0.2, 0.25) is 0 Å². The molecule has 0 fully saturated rings. The lowest BCUT2D eigenvalue weighted by atomic mass is 9.97. The summed E-state index contributed by atoms with van der Waals surface area (Å²) in [6, 6.07) is 74.3. The van der Waals surface area contributed by atoms with E-state index in [1.54, 1.807) is 0 Å². The topological polar surface area (TPSA) is 57.0 Å². The van der Waals surface area contributed by atoms with Crippen LogP contribution in [0.15, 0.2) is 221 Å². The van der Waals surface area contributed by atoms with E-state index in [0.717, 1.165) is 111 Å². The van der Waals surface area contributed by atoms with E-state index in [9.17, 15) is 0 Å². The van der Waals surface area contributed by atoms with Gasteiger partial charge in [-0.15, -0.1) is 0 Å². The number of aromatic nitrogens is 3. The molecule has 4 heterocycles. The third-order valence-corrected chi connectivity index (χ3v) is 12.4. The maximum Gasteiger partial charge on any atom is 0.161 e. The standard InChI is InChI=1S/C58H35N3O2/c1-4-14-36(15-5-1)41-30-48(58-59-49(37-16-6-2-7-17-37)35-50(60-58)38-18-8-3-9-19-38)57-47-29-26-42(34-55(47)63-56(57)33-41)61-51-22-12-10-20-43(51)44-27-24-39(31-52(44)61)40-25-28-46-45-21-11-13-23-53(45)62-54(46)32-40/h1-35H. The van der Waals surface area contributed by atoms with Gasteiger partial charge in [0.05, 0.1) is 22.4 Å². The van der Waals surface area contributed by atoms with E-state index >= 15 is 0 Å². The van der Waals surface area contributed by atoms with Crippen molar-refractivity contribution in [2.24, 2.45) is 0 Å². The molecule has 0 aliphatic rings. The highest BCUT2D eigenvalue weighted by Gasteiger charge is 2.21. The Balaban J connectivity index is 1.02. The maximum atomic E-state index is 6.95. The molecule has 4 aromatic heterocycles. The molecule has 0 saturated heterocycles. The summed E-state index contributed by atoms with van der Waals surface area (Å²) in [5.41, 5.74) is 15.6. The lowest BCUT2D eigenvalue weighted by Crippen LogP contribution is -1.97. The molecule has 13 rings (SSSR count). The number of benzene rings is 9. The zero-order chi connectivity index (χ0) is 41.4. The van der Waals surface area contributed by atoms with Gasteiger partial charge >= 0.3 is 0 Å². The summed E-state index contributed by atoms with van der Waals surface area (Å²) in [7, 11) is 0. The summed E-state index contributed by atoms with van der Waals surface area (Å²) in [6.45, 7) is 0. The molecule has 0 amide bonds. The van der Waals surface area contributed by atoms with Gasteiger partial charge in [0.25, 0.3) is 0 Å². The average Bonchev–Trinajstić information content (AvgIpc) is 4.03. The molecule has 0 aliphatic carbocycles. The summed E-state index contributed by atoms with van der Waals surface area (Å²) < 4.78 is 15.6. The highest BCUT2D eigenvalue weighted by Crippen LogP contribution is 2.43. The van der Waals surface area contributed by atoms with Gasteiger partial charge in [0, 0.05) is 60.8 Å². The third-order valence-electron chi connectivity index (χ3n) is 12.4. The second kappa shape index (κ2) is 14.0. The largest absolute Gasteiger partial charge is 0.456 e. The van der Waals surface area contributed by atoms with E-state index in [1.807, 2.05) is 54.6 Å². The van der Waals surface area contributed by atoms with Gasteiger partial charge in [-0.3, -0.25) is 0 Å². The Bertz CT molecular complexity index is 3840. The van der Waals surface area contributed by atoms with Crippen LogP contribution in [0, 0.1) is 0 Å². The predicted octanol–water partition coefficient (Wildman–Crippen LogP) is 15.7. The number of fused-ring (bicyclic) bond motifs is 9. The van der Waals surface area contributed by atoms with E-state index in [4.69, 9.17) is 18.8 Å². The molecule has 0 unspecified atom stereocenters. The smallest absolute Gasteiger partial charge is 0.161 e. The van der Waals surface area contributed by atoms with Gasteiger partial charge in [0.1, 0.15) is 22.3 Å². The maximum absolute atomic E-state index is 6.95. The van der Waals surface area contributed by atoms with Crippen molar-refractivity contribution in [2.75, 3.05) is 0 Å². The molecule has 9 aromatic carbocycles. The van der Waals surface area contributed by atoms with Crippen LogP contribution in [0.2, 0.25) is 0 Å². The molecule has 0 atom stereocenters. The molecule has 0 N–H and O–H groups in total. The first-order chi connectivity index (χ1) is 31.2. The SMILES string of the molecule is c1ccc(-c2cc(-c3nc(-c4ccccc4)cc(-c4ccccc4)n3)c3c(c2)oc2cc(-n4c5ccccc5c5ccc(-c6ccc7c(c6)oc6ccccc67)cc54)ccc23)cc1. The molecular formula is C58H35N3O2. The Hall–Kier alpha value is -8.54. The molecule has 0 bridgehead atoms. The molecular weight excluding hydrogens is 771 g/mol. The zero-order valence-corrected chi connectivity index (χ0v) is 33.9. The Morgan fingerprint density at radius 3 is 1.60 bits per heavy atom. The zero-order valence-electron chi connectivity index (χ0n) is 33.9. The molecule has 63 heavy (non-hydrogen) atoms. The summed E-state index contributed by atoms with van der Waals surface area (Å²) >= 11 is 0. The van der Waals surface area contributed by atoms with Crippen LogP contribution in [-0.4, -0.2) is 14.5 Å². The summed E-state index contributed by atoms with van der Waals surface area (Å²) in [5, 5.41) is 6.60. The van der Waals surface area contributed by atoms with Gasteiger partial charge < -0.3 is 13.4 Å². The fourth-order valence-corrected chi connectivity index (χ4v) is 9.42. The monoisotopic (exact) mass is 805 g/mol. The minimum Gasteiger partial charge on any atom is -0.456 e. The molecule has 0 saturated carbocycles. The molecule has 13 aromatic rings. The quantitative estimate of drug-likeness (QED) is 0.168.